The minimum absolute atomic E-state index is 0.249. The van der Waals surface area contributed by atoms with Crippen LogP contribution in [-0.4, -0.2) is 15.9 Å². The second-order valence-electron chi connectivity index (χ2n) is 3.93. The Morgan fingerprint density at radius 1 is 1.39 bits per heavy atom. The number of nitrogens with two attached hydrogens (primary N) is 1. The number of nitrogen functional groups attached to an aromatic ring is 1. The predicted octanol–water partition coefficient (Wildman–Crippen LogP) is 1.30. The Morgan fingerprint density at radius 2 is 2.22 bits per heavy atom. The number of carbonyl (C=O) groups excluding carboxylic acids is 1. The summed E-state index contributed by atoms with van der Waals surface area (Å²) in [5.74, 6) is -0.281. The zero-order chi connectivity index (χ0) is 13.0. The highest BCUT2D eigenvalue weighted by atomic mass is 16.1. The van der Waals surface area contributed by atoms with Crippen molar-refractivity contribution in [1.29, 1.82) is 0 Å². The summed E-state index contributed by atoms with van der Waals surface area (Å²) in [5, 5.41) is 2.78. The summed E-state index contributed by atoms with van der Waals surface area (Å²) in [5.41, 5.74) is 8.36. The van der Waals surface area contributed by atoms with E-state index in [0.717, 1.165) is 11.1 Å². The molecule has 0 atom stereocenters. The first-order valence-corrected chi connectivity index (χ1v) is 5.56. The van der Waals surface area contributed by atoms with Gasteiger partial charge in [-0.1, -0.05) is 0 Å². The minimum atomic E-state index is -0.281. The Hall–Kier alpha value is -2.43. The summed E-state index contributed by atoms with van der Waals surface area (Å²) in [6.07, 6.45) is 5.00. The lowest BCUT2D eigenvalue weighted by atomic mass is 10.1. The van der Waals surface area contributed by atoms with Crippen LogP contribution >= 0.6 is 0 Å². The van der Waals surface area contributed by atoms with Gasteiger partial charge >= 0.3 is 0 Å². The minimum Gasteiger partial charge on any atom is -0.397 e. The van der Waals surface area contributed by atoms with Gasteiger partial charge < -0.3 is 11.1 Å². The number of pyridine rings is 2. The van der Waals surface area contributed by atoms with Crippen LogP contribution < -0.4 is 11.1 Å². The molecule has 0 fully saturated rings. The molecule has 0 aliphatic carbocycles. The molecule has 0 aromatic carbocycles. The van der Waals surface area contributed by atoms with Gasteiger partial charge in [-0.2, -0.15) is 0 Å². The van der Waals surface area contributed by atoms with Crippen molar-refractivity contribution in [3.05, 3.63) is 53.6 Å². The highest BCUT2D eigenvalue weighted by Gasteiger charge is 2.10. The van der Waals surface area contributed by atoms with E-state index in [0.29, 0.717) is 12.2 Å². The summed E-state index contributed by atoms with van der Waals surface area (Å²) in [6, 6.07) is 5.24. The van der Waals surface area contributed by atoms with Crippen molar-refractivity contribution < 1.29 is 4.79 Å². The lowest BCUT2D eigenvalue weighted by Gasteiger charge is -2.08. The van der Waals surface area contributed by atoms with Gasteiger partial charge in [-0.15, -0.1) is 0 Å². The fourth-order valence-corrected chi connectivity index (χ4v) is 1.55. The second kappa shape index (κ2) is 5.27. The summed E-state index contributed by atoms with van der Waals surface area (Å²) in [7, 11) is 0. The quantitative estimate of drug-likeness (QED) is 0.850. The average molecular weight is 242 g/mol. The largest absolute Gasteiger partial charge is 0.397 e. The molecule has 0 saturated heterocycles. The van der Waals surface area contributed by atoms with Crippen molar-refractivity contribution >= 4 is 11.6 Å². The molecule has 5 nitrogen and oxygen atoms in total. The molecule has 2 aromatic rings. The second-order valence-corrected chi connectivity index (χ2v) is 3.93. The number of hydrogen-bond acceptors (Lipinski definition) is 4. The van der Waals surface area contributed by atoms with Gasteiger partial charge in [0.05, 0.1) is 5.69 Å². The van der Waals surface area contributed by atoms with E-state index < -0.39 is 0 Å². The van der Waals surface area contributed by atoms with Crippen LogP contribution in [-0.2, 0) is 6.54 Å². The average Bonchev–Trinajstić information content (AvgIpc) is 2.38. The Labute approximate surface area is 105 Å². The van der Waals surface area contributed by atoms with Gasteiger partial charge in [-0.3, -0.25) is 9.78 Å². The molecule has 2 heterocycles. The topological polar surface area (TPSA) is 80.9 Å². The molecule has 2 rings (SSSR count). The van der Waals surface area contributed by atoms with E-state index >= 15 is 0 Å². The van der Waals surface area contributed by atoms with Crippen molar-refractivity contribution in [2.75, 3.05) is 5.73 Å². The van der Waals surface area contributed by atoms with Crippen molar-refractivity contribution in [1.82, 2.24) is 15.3 Å². The number of anilines is 1. The van der Waals surface area contributed by atoms with Crippen molar-refractivity contribution in [3.63, 3.8) is 0 Å². The number of aromatic nitrogens is 2. The first-order chi connectivity index (χ1) is 8.68. The van der Waals surface area contributed by atoms with Crippen LogP contribution in [0.5, 0.6) is 0 Å². The third-order valence-electron chi connectivity index (χ3n) is 2.64. The molecule has 18 heavy (non-hydrogen) atoms. The lowest BCUT2D eigenvalue weighted by Crippen LogP contribution is -2.25. The number of carbonyl (C=O) groups is 1. The molecule has 0 saturated carbocycles. The number of hydrogen-bond donors (Lipinski definition) is 2. The summed E-state index contributed by atoms with van der Waals surface area (Å²) in [6.45, 7) is 2.38. The van der Waals surface area contributed by atoms with E-state index in [9.17, 15) is 4.79 Å². The Bertz CT molecular complexity index is 568. The van der Waals surface area contributed by atoms with Crippen LogP contribution in [0.1, 0.15) is 21.6 Å². The third kappa shape index (κ3) is 2.63. The van der Waals surface area contributed by atoms with Crippen LogP contribution in [0.25, 0.3) is 0 Å². The fourth-order valence-electron chi connectivity index (χ4n) is 1.55. The van der Waals surface area contributed by atoms with E-state index in [1.807, 2.05) is 13.0 Å². The van der Waals surface area contributed by atoms with E-state index in [2.05, 4.69) is 15.3 Å². The molecule has 2 aromatic heterocycles. The molecule has 0 spiro atoms. The Morgan fingerprint density at radius 3 is 2.94 bits per heavy atom. The molecular formula is C13H14N4O. The molecule has 92 valence electrons. The van der Waals surface area contributed by atoms with Gasteiger partial charge in [-0.25, -0.2) is 4.98 Å². The molecule has 0 unspecified atom stereocenters. The van der Waals surface area contributed by atoms with E-state index in [1.54, 1.807) is 30.7 Å². The first-order valence-electron chi connectivity index (χ1n) is 5.56. The number of nitrogens with zero attached hydrogens (tertiary/aromatic N) is 2. The van der Waals surface area contributed by atoms with Gasteiger partial charge in [0, 0.05) is 25.1 Å². The van der Waals surface area contributed by atoms with Crippen LogP contribution in [0.2, 0.25) is 0 Å². The number of nitrogens with one attached hydrogen (secondary N) is 1. The Balaban J connectivity index is 2.06. The zero-order valence-corrected chi connectivity index (χ0v) is 10.1. The first kappa shape index (κ1) is 12.0. The highest BCUT2D eigenvalue weighted by Crippen LogP contribution is 2.08. The fraction of sp³-hybridized carbons (Fsp3) is 0.154. The maximum Gasteiger partial charge on any atom is 0.272 e. The molecule has 0 aliphatic rings. The molecular weight excluding hydrogens is 228 g/mol. The molecule has 0 radical (unpaired) electrons. The molecule has 0 bridgehead atoms. The van der Waals surface area contributed by atoms with Gasteiger partial charge in [0.2, 0.25) is 0 Å². The standard InChI is InChI=1S/C13H14N4O/c1-9-4-6-15-7-10(9)8-17-13(18)12-11(14)3-2-5-16-12/h2-7H,8,14H2,1H3,(H,17,18). The van der Waals surface area contributed by atoms with Gasteiger partial charge in [0.1, 0.15) is 0 Å². The van der Waals surface area contributed by atoms with E-state index in [1.165, 1.54) is 0 Å². The number of rotatable bonds is 3. The van der Waals surface area contributed by atoms with Crippen LogP contribution in [0.4, 0.5) is 5.69 Å². The lowest BCUT2D eigenvalue weighted by molar-refractivity contribution is 0.0947. The smallest absolute Gasteiger partial charge is 0.272 e. The Kier molecular flexibility index (Phi) is 3.52. The summed E-state index contributed by atoms with van der Waals surface area (Å²) >= 11 is 0. The van der Waals surface area contributed by atoms with E-state index in [4.69, 9.17) is 5.73 Å². The maximum absolute atomic E-state index is 11.9. The van der Waals surface area contributed by atoms with Gasteiger partial charge in [0.15, 0.2) is 5.69 Å². The predicted molar refractivity (Wildman–Crippen MR) is 68.8 cm³/mol. The van der Waals surface area contributed by atoms with Crippen LogP contribution in [0.15, 0.2) is 36.8 Å². The summed E-state index contributed by atoms with van der Waals surface area (Å²) in [4.78, 5) is 19.9. The molecule has 3 N–H and O–H groups in total. The normalized spacial score (nSPS) is 10.1. The van der Waals surface area contributed by atoms with Crippen molar-refractivity contribution in [3.8, 4) is 0 Å². The SMILES string of the molecule is Cc1ccncc1CNC(=O)c1ncccc1N. The maximum atomic E-state index is 11.9. The molecule has 1 amide bonds. The monoisotopic (exact) mass is 242 g/mol. The van der Waals surface area contributed by atoms with Crippen molar-refractivity contribution in [2.45, 2.75) is 13.5 Å². The van der Waals surface area contributed by atoms with Crippen LogP contribution in [0, 0.1) is 6.92 Å². The molecule has 5 heteroatoms. The van der Waals surface area contributed by atoms with Crippen molar-refractivity contribution in [2.24, 2.45) is 0 Å². The van der Waals surface area contributed by atoms with Crippen LogP contribution in [0.3, 0.4) is 0 Å². The number of aryl methyl sites for hydroxylation is 1. The van der Waals surface area contributed by atoms with Gasteiger partial charge in [-0.05, 0) is 36.2 Å². The van der Waals surface area contributed by atoms with Gasteiger partial charge in [0.25, 0.3) is 5.91 Å². The third-order valence-corrected chi connectivity index (χ3v) is 2.64. The highest BCUT2D eigenvalue weighted by molar-refractivity contribution is 5.96. The molecule has 0 aliphatic heterocycles. The summed E-state index contributed by atoms with van der Waals surface area (Å²) < 4.78 is 0. The zero-order valence-electron chi connectivity index (χ0n) is 10.1. The van der Waals surface area contributed by atoms with E-state index in [-0.39, 0.29) is 11.6 Å². The number of amides is 1.